The van der Waals surface area contributed by atoms with Crippen molar-refractivity contribution in [3.05, 3.63) is 28.2 Å². The number of likely N-dealkylation sites (tertiary alicyclic amines) is 1. The van der Waals surface area contributed by atoms with Crippen molar-refractivity contribution in [2.45, 2.75) is 12.8 Å². The molecule has 118 valence electrons. The van der Waals surface area contributed by atoms with Crippen LogP contribution in [-0.2, 0) is 14.4 Å². The molecular weight excluding hydrogens is 329 g/mol. The number of nitrogens with two attached hydrogens (primary N) is 1. The van der Waals surface area contributed by atoms with Crippen molar-refractivity contribution in [2.75, 3.05) is 18.4 Å². The summed E-state index contributed by atoms with van der Waals surface area (Å²) in [7, 11) is 0. The first-order chi connectivity index (χ1) is 10.4. The number of rotatable bonds is 2. The van der Waals surface area contributed by atoms with Gasteiger partial charge in [0, 0.05) is 24.0 Å². The number of carbonyl (C=O) groups excluding carboxylic acids is 3. The van der Waals surface area contributed by atoms with Crippen LogP contribution in [0.25, 0.3) is 0 Å². The average molecular weight is 344 g/mol. The van der Waals surface area contributed by atoms with Crippen molar-refractivity contribution in [2.24, 2.45) is 11.7 Å². The van der Waals surface area contributed by atoms with Crippen LogP contribution in [-0.4, -0.2) is 35.7 Å². The fourth-order valence-corrected chi connectivity index (χ4v) is 2.62. The topological polar surface area (TPSA) is 92.5 Å². The van der Waals surface area contributed by atoms with E-state index in [4.69, 9.17) is 28.9 Å². The third-order valence-corrected chi connectivity index (χ3v) is 4.12. The lowest BCUT2D eigenvalue weighted by molar-refractivity contribution is -0.144. The molecular formula is C14H15Cl2N3O3. The number of piperidine rings is 1. The largest absolute Gasteiger partial charge is 0.369 e. The van der Waals surface area contributed by atoms with Gasteiger partial charge >= 0.3 is 11.8 Å². The van der Waals surface area contributed by atoms with Gasteiger partial charge in [0.15, 0.2) is 0 Å². The Morgan fingerprint density at radius 1 is 1.18 bits per heavy atom. The second kappa shape index (κ2) is 6.98. The number of primary amides is 1. The average Bonchev–Trinajstić information content (AvgIpc) is 2.50. The molecule has 0 saturated carbocycles. The first-order valence-corrected chi connectivity index (χ1v) is 7.48. The Morgan fingerprint density at radius 3 is 2.41 bits per heavy atom. The zero-order valence-electron chi connectivity index (χ0n) is 11.6. The van der Waals surface area contributed by atoms with E-state index in [1.165, 1.54) is 17.0 Å². The smallest absolute Gasteiger partial charge is 0.313 e. The first kappa shape index (κ1) is 16.6. The van der Waals surface area contributed by atoms with Crippen LogP contribution >= 0.6 is 23.2 Å². The van der Waals surface area contributed by atoms with Gasteiger partial charge in [-0.1, -0.05) is 23.2 Å². The standard InChI is InChI=1S/C14H15Cl2N3O3/c15-9-1-2-10(16)11(7-9)18-13(21)14(22)19-5-3-8(4-6-19)12(17)20/h1-2,7-8H,3-6H2,(H2,17,20)(H,18,21). The number of amides is 3. The van der Waals surface area contributed by atoms with Crippen LogP contribution in [0.2, 0.25) is 10.0 Å². The number of nitrogens with zero attached hydrogens (tertiary/aromatic N) is 1. The Morgan fingerprint density at radius 2 is 1.82 bits per heavy atom. The molecule has 0 aromatic heterocycles. The molecule has 3 N–H and O–H groups in total. The lowest BCUT2D eigenvalue weighted by Gasteiger charge is -2.30. The number of hydrogen-bond donors (Lipinski definition) is 2. The van der Waals surface area contributed by atoms with Crippen molar-refractivity contribution in [3.63, 3.8) is 0 Å². The van der Waals surface area contributed by atoms with E-state index in [1.54, 1.807) is 6.07 Å². The van der Waals surface area contributed by atoms with E-state index in [0.29, 0.717) is 31.0 Å². The predicted octanol–water partition coefficient (Wildman–Crippen LogP) is 1.66. The Labute approximate surface area is 137 Å². The summed E-state index contributed by atoms with van der Waals surface area (Å²) in [5.74, 6) is -2.07. The fraction of sp³-hybridized carbons (Fsp3) is 0.357. The molecule has 0 unspecified atom stereocenters. The maximum absolute atomic E-state index is 12.1. The van der Waals surface area contributed by atoms with Gasteiger partial charge in [0.2, 0.25) is 5.91 Å². The molecule has 6 nitrogen and oxygen atoms in total. The van der Waals surface area contributed by atoms with Gasteiger partial charge in [-0.15, -0.1) is 0 Å². The number of anilines is 1. The molecule has 1 aliphatic rings. The van der Waals surface area contributed by atoms with Crippen molar-refractivity contribution in [1.82, 2.24) is 4.90 Å². The lowest BCUT2D eigenvalue weighted by atomic mass is 9.96. The highest BCUT2D eigenvalue weighted by atomic mass is 35.5. The molecule has 1 aliphatic heterocycles. The summed E-state index contributed by atoms with van der Waals surface area (Å²) in [6.07, 6.45) is 0.929. The number of benzene rings is 1. The zero-order chi connectivity index (χ0) is 16.3. The van der Waals surface area contributed by atoms with Gasteiger partial charge in [0.25, 0.3) is 0 Å². The van der Waals surface area contributed by atoms with Gasteiger partial charge in [0.05, 0.1) is 10.7 Å². The highest BCUT2D eigenvalue weighted by Gasteiger charge is 2.29. The van der Waals surface area contributed by atoms with E-state index in [1.807, 2.05) is 0 Å². The number of nitrogens with one attached hydrogen (secondary N) is 1. The van der Waals surface area contributed by atoms with Crippen LogP contribution in [0.4, 0.5) is 5.69 Å². The predicted molar refractivity (Wildman–Crippen MR) is 83.6 cm³/mol. The van der Waals surface area contributed by atoms with Gasteiger partial charge in [-0.05, 0) is 31.0 Å². The molecule has 0 bridgehead atoms. The van der Waals surface area contributed by atoms with Crippen molar-refractivity contribution >= 4 is 46.6 Å². The third kappa shape index (κ3) is 3.90. The summed E-state index contributed by atoms with van der Waals surface area (Å²) in [6, 6.07) is 4.58. The molecule has 0 radical (unpaired) electrons. The highest BCUT2D eigenvalue weighted by Crippen LogP contribution is 2.25. The second-order valence-electron chi connectivity index (χ2n) is 5.05. The van der Waals surface area contributed by atoms with Crippen molar-refractivity contribution in [1.29, 1.82) is 0 Å². The quantitative estimate of drug-likeness (QED) is 0.799. The Kier molecular flexibility index (Phi) is 5.26. The van der Waals surface area contributed by atoms with E-state index in [9.17, 15) is 14.4 Å². The molecule has 1 aromatic carbocycles. The maximum atomic E-state index is 12.1. The van der Waals surface area contributed by atoms with E-state index in [0.717, 1.165) is 0 Å². The molecule has 0 aliphatic carbocycles. The summed E-state index contributed by atoms with van der Waals surface area (Å²) in [5.41, 5.74) is 5.51. The minimum atomic E-state index is -0.790. The molecule has 1 fully saturated rings. The van der Waals surface area contributed by atoms with E-state index in [-0.39, 0.29) is 22.5 Å². The normalized spacial score (nSPS) is 15.5. The van der Waals surface area contributed by atoms with Gasteiger partial charge in [-0.2, -0.15) is 0 Å². The molecule has 22 heavy (non-hydrogen) atoms. The molecule has 1 aromatic rings. The first-order valence-electron chi connectivity index (χ1n) is 6.73. The summed E-state index contributed by atoms with van der Waals surface area (Å²) < 4.78 is 0. The SMILES string of the molecule is NC(=O)C1CCN(C(=O)C(=O)Nc2cc(Cl)ccc2Cl)CC1. The molecule has 8 heteroatoms. The number of halogens is 2. The molecule has 3 amide bonds. The summed E-state index contributed by atoms with van der Waals surface area (Å²) in [6.45, 7) is 0.645. The monoisotopic (exact) mass is 343 g/mol. The van der Waals surface area contributed by atoms with Gasteiger partial charge in [-0.25, -0.2) is 0 Å². The van der Waals surface area contributed by atoms with Crippen LogP contribution < -0.4 is 11.1 Å². The minimum Gasteiger partial charge on any atom is -0.369 e. The third-order valence-electron chi connectivity index (χ3n) is 3.56. The maximum Gasteiger partial charge on any atom is 0.313 e. The van der Waals surface area contributed by atoms with Crippen molar-refractivity contribution in [3.8, 4) is 0 Å². The van der Waals surface area contributed by atoms with Crippen LogP contribution in [0.3, 0.4) is 0 Å². The van der Waals surface area contributed by atoms with E-state index in [2.05, 4.69) is 5.32 Å². The van der Waals surface area contributed by atoms with Gasteiger partial charge in [0.1, 0.15) is 0 Å². The lowest BCUT2D eigenvalue weighted by Crippen LogP contribution is -2.46. The van der Waals surface area contributed by atoms with E-state index < -0.39 is 11.8 Å². The van der Waals surface area contributed by atoms with Crippen LogP contribution in [0, 0.1) is 5.92 Å². The second-order valence-corrected chi connectivity index (χ2v) is 5.89. The minimum absolute atomic E-state index is 0.241. The molecule has 1 heterocycles. The highest BCUT2D eigenvalue weighted by molar-refractivity contribution is 6.42. The molecule has 0 atom stereocenters. The van der Waals surface area contributed by atoms with Crippen molar-refractivity contribution < 1.29 is 14.4 Å². The van der Waals surface area contributed by atoms with Crippen LogP contribution in [0.15, 0.2) is 18.2 Å². The van der Waals surface area contributed by atoms with Crippen LogP contribution in [0.5, 0.6) is 0 Å². The number of carbonyl (C=O) groups is 3. The Bertz CT molecular complexity index is 613. The Balaban J connectivity index is 1.97. The van der Waals surface area contributed by atoms with E-state index >= 15 is 0 Å². The number of hydrogen-bond acceptors (Lipinski definition) is 3. The molecule has 0 spiro atoms. The molecule has 2 rings (SSSR count). The van der Waals surface area contributed by atoms with Gasteiger partial charge in [-0.3, -0.25) is 14.4 Å². The summed E-state index contributed by atoms with van der Waals surface area (Å²) in [4.78, 5) is 36.6. The Hall–Kier alpha value is -1.79. The van der Waals surface area contributed by atoms with Crippen LogP contribution in [0.1, 0.15) is 12.8 Å². The molecule has 1 saturated heterocycles. The van der Waals surface area contributed by atoms with Gasteiger partial charge < -0.3 is 16.0 Å². The summed E-state index contributed by atoms with van der Waals surface area (Å²) >= 11 is 11.8. The fourth-order valence-electron chi connectivity index (χ4n) is 2.28. The zero-order valence-corrected chi connectivity index (χ0v) is 13.2. The summed E-state index contributed by atoms with van der Waals surface area (Å²) in [5, 5.41) is 3.13.